The van der Waals surface area contributed by atoms with E-state index in [1.165, 1.54) is 0 Å². The molecule has 0 aromatic rings. The highest BCUT2D eigenvalue weighted by Crippen LogP contribution is 1.91. The molecular formula is C7H14N2O2. The average Bonchev–Trinajstić information content (AvgIpc) is 2.03. The van der Waals surface area contributed by atoms with E-state index in [4.69, 9.17) is 4.74 Å². The number of rotatable bonds is 3. The van der Waals surface area contributed by atoms with E-state index in [0.29, 0.717) is 6.54 Å². The number of ether oxygens (including phenoxy) is 1. The van der Waals surface area contributed by atoms with Gasteiger partial charge in [0.2, 0.25) is 0 Å². The van der Waals surface area contributed by atoms with Crippen molar-refractivity contribution >= 4 is 5.78 Å². The standard InChI is InChI=1S/C7H14N2O2/c1-7(10)6-8-9-2-4-11-5-3-9/h8H,2-6H2,1H3. The van der Waals surface area contributed by atoms with Crippen molar-refractivity contribution in [3.05, 3.63) is 0 Å². The molecule has 4 heteroatoms. The summed E-state index contributed by atoms with van der Waals surface area (Å²) in [5.74, 6) is 0.163. The summed E-state index contributed by atoms with van der Waals surface area (Å²) in [5.41, 5.74) is 3.02. The molecular weight excluding hydrogens is 144 g/mol. The fourth-order valence-electron chi connectivity index (χ4n) is 0.945. The Morgan fingerprint density at radius 3 is 2.73 bits per heavy atom. The number of nitrogens with zero attached hydrogens (tertiary/aromatic N) is 1. The van der Waals surface area contributed by atoms with Crippen LogP contribution in [0.15, 0.2) is 0 Å². The maximum absolute atomic E-state index is 10.6. The summed E-state index contributed by atoms with van der Waals surface area (Å²) in [5, 5.41) is 2.02. The maximum Gasteiger partial charge on any atom is 0.144 e. The second kappa shape index (κ2) is 4.43. The van der Waals surface area contributed by atoms with Crippen LogP contribution in [0, 0.1) is 0 Å². The van der Waals surface area contributed by atoms with Crippen LogP contribution in [0.2, 0.25) is 0 Å². The molecule has 11 heavy (non-hydrogen) atoms. The molecule has 0 atom stereocenters. The van der Waals surface area contributed by atoms with Crippen molar-refractivity contribution in [2.45, 2.75) is 6.92 Å². The lowest BCUT2D eigenvalue weighted by Crippen LogP contribution is -2.47. The second-order valence-corrected chi connectivity index (χ2v) is 2.64. The van der Waals surface area contributed by atoms with Gasteiger partial charge >= 0.3 is 0 Å². The van der Waals surface area contributed by atoms with Crippen molar-refractivity contribution in [1.82, 2.24) is 10.4 Å². The fourth-order valence-corrected chi connectivity index (χ4v) is 0.945. The Hall–Kier alpha value is -0.450. The van der Waals surface area contributed by atoms with E-state index in [2.05, 4.69) is 5.43 Å². The van der Waals surface area contributed by atoms with Crippen LogP contribution in [-0.2, 0) is 9.53 Å². The van der Waals surface area contributed by atoms with Gasteiger partial charge in [-0.1, -0.05) is 0 Å². The Morgan fingerprint density at radius 2 is 2.18 bits per heavy atom. The van der Waals surface area contributed by atoms with Gasteiger partial charge in [-0.15, -0.1) is 0 Å². The summed E-state index contributed by atoms with van der Waals surface area (Å²) >= 11 is 0. The molecule has 64 valence electrons. The summed E-state index contributed by atoms with van der Waals surface area (Å²) < 4.78 is 5.14. The van der Waals surface area contributed by atoms with Gasteiger partial charge in [-0.05, 0) is 6.92 Å². The third kappa shape index (κ3) is 3.46. The van der Waals surface area contributed by atoms with Crippen LogP contribution in [0.5, 0.6) is 0 Å². The van der Waals surface area contributed by atoms with Crippen molar-refractivity contribution in [2.75, 3.05) is 32.8 Å². The number of hydrazine groups is 1. The Kier molecular flexibility index (Phi) is 3.48. The van der Waals surface area contributed by atoms with Crippen LogP contribution < -0.4 is 5.43 Å². The first-order chi connectivity index (χ1) is 5.29. The SMILES string of the molecule is CC(=O)CNN1CCOCC1. The third-order valence-electron chi connectivity index (χ3n) is 1.56. The predicted octanol–water partition coefficient (Wildman–Crippen LogP) is -0.588. The minimum atomic E-state index is 0.163. The van der Waals surface area contributed by atoms with E-state index in [1.807, 2.05) is 5.01 Å². The van der Waals surface area contributed by atoms with Crippen LogP contribution in [0.3, 0.4) is 0 Å². The van der Waals surface area contributed by atoms with Gasteiger partial charge in [-0.25, -0.2) is 10.4 Å². The number of morpholine rings is 1. The molecule has 0 aromatic carbocycles. The highest BCUT2D eigenvalue weighted by molar-refractivity contribution is 5.77. The lowest BCUT2D eigenvalue weighted by molar-refractivity contribution is -0.117. The van der Waals surface area contributed by atoms with Crippen LogP contribution >= 0.6 is 0 Å². The molecule has 0 aromatic heterocycles. The first kappa shape index (κ1) is 8.64. The summed E-state index contributed by atoms with van der Waals surface area (Å²) in [6.07, 6.45) is 0. The van der Waals surface area contributed by atoms with E-state index in [-0.39, 0.29) is 5.78 Å². The number of nitrogens with one attached hydrogen (secondary N) is 1. The predicted molar refractivity (Wildman–Crippen MR) is 41.1 cm³/mol. The number of hydrogen-bond acceptors (Lipinski definition) is 4. The minimum absolute atomic E-state index is 0.163. The first-order valence-corrected chi connectivity index (χ1v) is 3.84. The van der Waals surface area contributed by atoms with Crippen molar-refractivity contribution < 1.29 is 9.53 Å². The van der Waals surface area contributed by atoms with Crippen molar-refractivity contribution in [1.29, 1.82) is 0 Å². The average molecular weight is 158 g/mol. The van der Waals surface area contributed by atoms with Gasteiger partial charge in [-0.3, -0.25) is 4.79 Å². The quantitative estimate of drug-likeness (QED) is 0.596. The molecule has 1 aliphatic rings. The lowest BCUT2D eigenvalue weighted by Gasteiger charge is -2.26. The lowest BCUT2D eigenvalue weighted by atomic mass is 10.4. The van der Waals surface area contributed by atoms with E-state index in [9.17, 15) is 4.79 Å². The van der Waals surface area contributed by atoms with Gasteiger partial charge in [0.25, 0.3) is 0 Å². The smallest absolute Gasteiger partial charge is 0.144 e. The molecule has 0 bridgehead atoms. The molecule has 0 saturated carbocycles. The summed E-state index contributed by atoms with van der Waals surface area (Å²) in [7, 11) is 0. The zero-order chi connectivity index (χ0) is 8.10. The van der Waals surface area contributed by atoms with Gasteiger partial charge in [-0.2, -0.15) is 0 Å². The van der Waals surface area contributed by atoms with Crippen molar-refractivity contribution in [3.8, 4) is 0 Å². The molecule has 0 unspecified atom stereocenters. The largest absolute Gasteiger partial charge is 0.379 e. The Balaban J connectivity index is 2.09. The van der Waals surface area contributed by atoms with Gasteiger partial charge in [0, 0.05) is 13.1 Å². The van der Waals surface area contributed by atoms with Crippen molar-refractivity contribution in [2.24, 2.45) is 0 Å². The number of carbonyl (C=O) groups is 1. The zero-order valence-electron chi connectivity index (χ0n) is 6.80. The molecule has 1 aliphatic heterocycles. The molecule has 1 heterocycles. The molecule has 1 rings (SSSR count). The molecule has 1 fully saturated rings. The summed E-state index contributed by atoms with van der Waals surface area (Å²) in [6, 6.07) is 0. The molecule has 1 N–H and O–H groups in total. The van der Waals surface area contributed by atoms with Crippen LogP contribution in [0.25, 0.3) is 0 Å². The van der Waals surface area contributed by atoms with E-state index >= 15 is 0 Å². The number of Topliss-reactive ketones (excluding diaryl/α,β-unsaturated/α-hetero) is 1. The van der Waals surface area contributed by atoms with Gasteiger partial charge in [0.1, 0.15) is 5.78 Å². The van der Waals surface area contributed by atoms with Crippen LogP contribution in [0.4, 0.5) is 0 Å². The zero-order valence-corrected chi connectivity index (χ0v) is 6.80. The number of hydrogen-bond donors (Lipinski definition) is 1. The Bertz CT molecular complexity index is 132. The van der Waals surface area contributed by atoms with E-state index < -0.39 is 0 Å². The number of ketones is 1. The van der Waals surface area contributed by atoms with E-state index in [0.717, 1.165) is 26.3 Å². The highest BCUT2D eigenvalue weighted by Gasteiger charge is 2.09. The van der Waals surface area contributed by atoms with Gasteiger partial charge in [0.15, 0.2) is 0 Å². The van der Waals surface area contributed by atoms with Crippen molar-refractivity contribution in [3.63, 3.8) is 0 Å². The molecule has 1 saturated heterocycles. The topological polar surface area (TPSA) is 41.6 Å². The van der Waals surface area contributed by atoms with Gasteiger partial charge < -0.3 is 4.74 Å². The van der Waals surface area contributed by atoms with E-state index in [1.54, 1.807) is 6.92 Å². The highest BCUT2D eigenvalue weighted by atomic mass is 16.5. The number of carbonyl (C=O) groups excluding carboxylic acids is 1. The molecule has 4 nitrogen and oxygen atoms in total. The molecule has 0 radical (unpaired) electrons. The Labute approximate surface area is 66.5 Å². The molecule has 0 amide bonds. The fraction of sp³-hybridized carbons (Fsp3) is 0.857. The monoisotopic (exact) mass is 158 g/mol. The summed E-state index contributed by atoms with van der Waals surface area (Å²) in [6.45, 7) is 5.25. The minimum Gasteiger partial charge on any atom is -0.379 e. The van der Waals surface area contributed by atoms with Gasteiger partial charge in [0.05, 0.1) is 19.8 Å². The molecule has 0 spiro atoms. The Morgan fingerprint density at radius 1 is 1.55 bits per heavy atom. The first-order valence-electron chi connectivity index (χ1n) is 3.84. The second-order valence-electron chi connectivity index (χ2n) is 2.64. The summed E-state index contributed by atoms with van der Waals surface area (Å²) in [4.78, 5) is 10.6. The third-order valence-corrected chi connectivity index (χ3v) is 1.56. The van der Waals surface area contributed by atoms with Crippen LogP contribution in [-0.4, -0.2) is 43.6 Å². The van der Waals surface area contributed by atoms with Crippen LogP contribution in [0.1, 0.15) is 6.92 Å². The maximum atomic E-state index is 10.6. The molecule has 0 aliphatic carbocycles. The normalized spacial score (nSPS) is 20.1.